The van der Waals surface area contributed by atoms with Gasteiger partial charge in [-0.1, -0.05) is 69.3 Å². The van der Waals surface area contributed by atoms with Crippen molar-refractivity contribution in [3.8, 4) is 17.1 Å². The molecule has 4 aromatic rings. The Balaban J connectivity index is 1.44. The number of sulfonamides is 1. The molecule has 0 bridgehead atoms. The number of carboxylic acid groups (broad SMARTS) is 1. The first kappa shape index (κ1) is 32.1. The van der Waals surface area contributed by atoms with E-state index in [0.717, 1.165) is 42.0 Å². The van der Waals surface area contributed by atoms with E-state index in [0.29, 0.717) is 12.3 Å². The number of hydrogen-bond acceptors (Lipinski definition) is 7. The molecule has 236 valence electrons. The first-order chi connectivity index (χ1) is 21.3. The number of rotatable bonds is 11. The fourth-order valence-corrected chi connectivity index (χ4v) is 6.96. The summed E-state index contributed by atoms with van der Waals surface area (Å²) < 4.78 is 35.5. The van der Waals surface area contributed by atoms with E-state index in [2.05, 4.69) is 65.0 Å². The molecule has 0 saturated heterocycles. The molecule has 0 fully saturated rings. The van der Waals surface area contributed by atoms with Gasteiger partial charge in [-0.3, -0.25) is 0 Å². The minimum Gasteiger partial charge on any atom is -0.478 e. The molecule has 0 aliphatic heterocycles. The lowest BCUT2D eigenvalue weighted by Gasteiger charge is -2.29. The Morgan fingerprint density at radius 1 is 0.956 bits per heavy atom. The maximum Gasteiger partial charge on any atom is 0.335 e. The van der Waals surface area contributed by atoms with Crippen LogP contribution in [0.5, 0.6) is 5.88 Å². The number of hydrogen-bond donors (Lipinski definition) is 3. The molecule has 1 aliphatic carbocycles. The van der Waals surface area contributed by atoms with E-state index in [1.54, 1.807) is 6.07 Å². The molecule has 1 heterocycles. The molecule has 9 nitrogen and oxygen atoms in total. The van der Waals surface area contributed by atoms with Crippen molar-refractivity contribution in [3.63, 3.8) is 0 Å². The topological polar surface area (TPSA) is 131 Å². The van der Waals surface area contributed by atoms with Gasteiger partial charge in [-0.15, -0.1) is 0 Å². The summed E-state index contributed by atoms with van der Waals surface area (Å²) in [5.74, 6) is -1.16. The Hall–Kier alpha value is -4.28. The van der Waals surface area contributed by atoms with E-state index in [4.69, 9.17) is 4.74 Å². The number of aromatic nitrogens is 2. The van der Waals surface area contributed by atoms with Crippen molar-refractivity contribution in [1.29, 1.82) is 0 Å². The third kappa shape index (κ3) is 8.06. The summed E-state index contributed by atoms with van der Waals surface area (Å²) in [6.07, 6.45) is 2.76. The Kier molecular flexibility index (Phi) is 9.27. The van der Waals surface area contributed by atoms with E-state index in [1.165, 1.54) is 29.3 Å². The minimum atomic E-state index is -4.21. The summed E-state index contributed by atoms with van der Waals surface area (Å²) >= 11 is 0. The van der Waals surface area contributed by atoms with Gasteiger partial charge in [-0.25, -0.2) is 22.9 Å². The molecule has 0 radical (unpaired) electrons. The summed E-state index contributed by atoms with van der Waals surface area (Å²) in [4.78, 5) is 20.3. The number of aromatic carboxylic acids is 1. The highest BCUT2D eigenvalue weighted by Crippen LogP contribution is 2.30. The second-order valence-corrected chi connectivity index (χ2v) is 14.6. The molecule has 3 aromatic carbocycles. The number of benzene rings is 3. The van der Waals surface area contributed by atoms with Crippen LogP contribution >= 0.6 is 0 Å². The molecule has 1 aromatic heterocycles. The van der Waals surface area contributed by atoms with E-state index in [9.17, 15) is 18.3 Å². The fourth-order valence-electron chi connectivity index (χ4n) is 5.97. The van der Waals surface area contributed by atoms with Crippen LogP contribution in [0, 0.1) is 19.3 Å². The number of carbonyl (C=O) groups is 1. The van der Waals surface area contributed by atoms with E-state index in [1.807, 2.05) is 32.0 Å². The minimum absolute atomic E-state index is 0.0156. The third-order valence-electron chi connectivity index (χ3n) is 7.87. The zero-order valence-corrected chi connectivity index (χ0v) is 27.1. The van der Waals surface area contributed by atoms with Gasteiger partial charge in [-0.05, 0) is 79.0 Å². The third-order valence-corrected chi connectivity index (χ3v) is 9.20. The molecule has 10 heteroatoms. The van der Waals surface area contributed by atoms with Gasteiger partial charge in [0, 0.05) is 23.7 Å². The summed E-state index contributed by atoms with van der Waals surface area (Å²) in [7, 11) is -4.21. The van der Waals surface area contributed by atoms with Crippen molar-refractivity contribution >= 4 is 21.9 Å². The quantitative estimate of drug-likeness (QED) is 0.179. The standard InChI is InChI=1S/C35H40N4O5S/c1-22-10-8-11-23(2)32(22)30-19-31(38-34(37-30)39-45(42,43)29-15-9-14-26(18-29)33(40)41)44-21-28(20-35(3,4)5)36-27-16-24-12-6-7-13-25(24)17-27/h6-15,18-19,27-28,36H,16-17,20-21H2,1-5H3,(H,40,41)(H,37,38,39). The highest BCUT2D eigenvalue weighted by atomic mass is 32.2. The highest BCUT2D eigenvalue weighted by molar-refractivity contribution is 7.92. The number of aryl methyl sites for hydroxylation is 2. The van der Waals surface area contributed by atoms with Crippen molar-refractivity contribution in [2.45, 2.75) is 70.9 Å². The molecule has 5 rings (SSSR count). The number of carboxylic acids is 1. The van der Waals surface area contributed by atoms with Crippen LogP contribution in [0.25, 0.3) is 11.3 Å². The van der Waals surface area contributed by atoms with Crippen molar-refractivity contribution in [3.05, 3.63) is 101 Å². The first-order valence-corrected chi connectivity index (χ1v) is 16.5. The molecule has 0 spiro atoms. The molecular weight excluding hydrogens is 588 g/mol. The normalized spacial score (nSPS) is 14.2. The van der Waals surface area contributed by atoms with Crippen molar-refractivity contribution in [2.75, 3.05) is 11.3 Å². The molecule has 1 unspecified atom stereocenters. The number of anilines is 1. The maximum absolute atomic E-state index is 13.3. The van der Waals surface area contributed by atoms with Gasteiger partial charge in [-0.2, -0.15) is 4.98 Å². The first-order valence-electron chi connectivity index (χ1n) is 15.0. The molecule has 1 atom stereocenters. The Morgan fingerprint density at radius 3 is 2.22 bits per heavy atom. The zero-order chi connectivity index (χ0) is 32.4. The van der Waals surface area contributed by atoms with Gasteiger partial charge in [0.15, 0.2) is 0 Å². The monoisotopic (exact) mass is 628 g/mol. The van der Waals surface area contributed by atoms with Crippen LogP contribution in [0.2, 0.25) is 0 Å². The number of ether oxygens (including phenoxy) is 1. The smallest absolute Gasteiger partial charge is 0.335 e. The highest BCUT2D eigenvalue weighted by Gasteiger charge is 2.27. The molecular formula is C35H40N4O5S. The van der Waals surface area contributed by atoms with Crippen molar-refractivity contribution in [1.82, 2.24) is 15.3 Å². The lowest BCUT2D eigenvalue weighted by Crippen LogP contribution is -2.44. The SMILES string of the molecule is Cc1cccc(C)c1-c1cc(OCC(CC(C)(C)C)NC2Cc3ccccc3C2)nc(NS(=O)(=O)c2cccc(C(=O)O)c2)n1. The van der Waals surface area contributed by atoms with Crippen LogP contribution < -0.4 is 14.8 Å². The fraction of sp³-hybridized carbons (Fsp3) is 0.343. The molecule has 45 heavy (non-hydrogen) atoms. The summed E-state index contributed by atoms with van der Waals surface area (Å²) in [6.45, 7) is 10.8. The largest absolute Gasteiger partial charge is 0.478 e. The van der Waals surface area contributed by atoms with Crippen LogP contribution in [0.1, 0.15) is 59.8 Å². The van der Waals surface area contributed by atoms with E-state index >= 15 is 0 Å². The average Bonchev–Trinajstić information content (AvgIpc) is 3.37. The van der Waals surface area contributed by atoms with Crippen LogP contribution in [0.3, 0.4) is 0 Å². The molecule has 0 amide bonds. The molecule has 3 N–H and O–H groups in total. The van der Waals surface area contributed by atoms with Crippen molar-refractivity contribution in [2.24, 2.45) is 5.41 Å². The average molecular weight is 629 g/mol. The lowest BCUT2D eigenvalue weighted by molar-refractivity contribution is 0.0696. The van der Waals surface area contributed by atoms with E-state index in [-0.39, 0.29) is 39.8 Å². The number of nitrogens with one attached hydrogen (secondary N) is 2. The Morgan fingerprint density at radius 2 is 1.60 bits per heavy atom. The van der Waals surface area contributed by atoms with Gasteiger partial charge < -0.3 is 15.2 Å². The van der Waals surface area contributed by atoms with Crippen LogP contribution in [-0.2, 0) is 22.9 Å². The predicted octanol–water partition coefficient (Wildman–Crippen LogP) is 6.20. The van der Waals surface area contributed by atoms with E-state index < -0.39 is 16.0 Å². The summed E-state index contributed by atoms with van der Waals surface area (Å²) in [5, 5.41) is 13.2. The van der Waals surface area contributed by atoms with Gasteiger partial charge in [0.05, 0.1) is 16.2 Å². The molecule has 1 aliphatic rings. The second kappa shape index (κ2) is 13.0. The zero-order valence-electron chi connectivity index (χ0n) is 26.3. The second-order valence-electron chi connectivity index (χ2n) is 12.9. The molecule has 0 saturated carbocycles. The Labute approximate surface area is 265 Å². The van der Waals surface area contributed by atoms with Gasteiger partial charge in [0.25, 0.3) is 10.0 Å². The maximum atomic E-state index is 13.3. The summed E-state index contributed by atoms with van der Waals surface area (Å²) in [6, 6.07) is 21.6. The number of nitrogens with zero attached hydrogens (tertiary/aromatic N) is 2. The predicted molar refractivity (Wildman–Crippen MR) is 175 cm³/mol. The van der Waals surface area contributed by atoms with Crippen molar-refractivity contribution < 1.29 is 23.1 Å². The number of fused-ring (bicyclic) bond motifs is 1. The van der Waals surface area contributed by atoms with Gasteiger partial charge in [0.2, 0.25) is 11.8 Å². The Bertz CT molecular complexity index is 1770. The summed E-state index contributed by atoms with van der Waals surface area (Å²) in [5.41, 5.74) is 5.93. The van der Waals surface area contributed by atoms with Gasteiger partial charge >= 0.3 is 5.97 Å². The van der Waals surface area contributed by atoms with Gasteiger partial charge in [0.1, 0.15) is 6.61 Å². The lowest BCUT2D eigenvalue weighted by atomic mass is 9.88. The van der Waals surface area contributed by atoms with Crippen LogP contribution in [0.15, 0.2) is 77.7 Å². The van der Waals surface area contributed by atoms with Crippen LogP contribution in [0.4, 0.5) is 5.95 Å². The van der Waals surface area contributed by atoms with Crippen LogP contribution in [-0.4, -0.2) is 48.2 Å².